The fraction of sp³-hybridized carbons (Fsp3) is 0.455. The molecule has 1 aliphatic heterocycles. The Morgan fingerprint density at radius 1 is 1.47 bits per heavy atom. The van der Waals surface area contributed by atoms with Gasteiger partial charge in [0.1, 0.15) is 31.0 Å². The Kier molecular flexibility index (Phi) is 3.71. The van der Waals surface area contributed by atoms with Crippen molar-refractivity contribution in [1.29, 1.82) is 0 Å². The van der Waals surface area contributed by atoms with Crippen LogP contribution in [0.3, 0.4) is 0 Å². The molecule has 1 aromatic heterocycles. The van der Waals surface area contributed by atoms with E-state index < -0.39 is 35.8 Å². The van der Waals surface area contributed by atoms with Gasteiger partial charge in [-0.05, 0) is 0 Å². The zero-order valence-corrected chi connectivity index (χ0v) is 9.72. The third-order valence-electron chi connectivity index (χ3n) is 2.79. The number of aromatic nitrogens is 2. The molecule has 0 spiro atoms. The number of hydrogen-bond acceptors (Lipinski definition) is 6. The third-order valence-corrected chi connectivity index (χ3v) is 2.79. The van der Waals surface area contributed by atoms with E-state index in [4.69, 9.17) is 11.2 Å². The van der Waals surface area contributed by atoms with E-state index in [9.17, 15) is 19.8 Å². The number of nitrogens with zero attached hydrogens (tertiary/aromatic N) is 1. The average Bonchev–Trinajstić information content (AvgIpc) is 2.64. The van der Waals surface area contributed by atoms with Gasteiger partial charge in [-0.1, -0.05) is 6.42 Å². The van der Waals surface area contributed by atoms with Crippen LogP contribution in [0, 0.1) is 12.5 Å². The first-order chi connectivity index (χ1) is 9.04. The van der Waals surface area contributed by atoms with Gasteiger partial charge in [0, 0.05) is 12.3 Å². The lowest BCUT2D eigenvalue weighted by Gasteiger charge is -2.16. The molecule has 0 radical (unpaired) electrons. The summed E-state index contributed by atoms with van der Waals surface area (Å²) < 4.78 is 10.9. The van der Waals surface area contributed by atoms with E-state index in [2.05, 4.69) is 4.74 Å². The molecule has 2 heterocycles. The Bertz CT molecular complexity index is 600. The van der Waals surface area contributed by atoms with Crippen molar-refractivity contribution in [2.24, 2.45) is 0 Å². The number of aromatic amines is 1. The van der Waals surface area contributed by atoms with Crippen molar-refractivity contribution < 1.29 is 19.7 Å². The van der Waals surface area contributed by atoms with Crippen molar-refractivity contribution in [2.45, 2.75) is 24.5 Å². The Morgan fingerprint density at radius 3 is 2.84 bits per heavy atom. The summed E-state index contributed by atoms with van der Waals surface area (Å²) in [5, 5.41) is 19.6. The molecule has 0 unspecified atom stereocenters. The highest BCUT2D eigenvalue weighted by Crippen LogP contribution is 2.28. The maximum absolute atomic E-state index is 11.6. The van der Waals surface area contributed by atoms with Crippen molar-refractivity contribution in [3.8, 4) is 12.5 Å². The highest BCUT2D eigenvalue weighted by molar-refractivity contribution is 4.93. The normalized spacial score (nSPS) is 29.9. The first kappa shape index (κ1) is 13.4. The number of aliphatic hydroxyl groups is 2. The molecule has 19 heavy (non-hydrogen) atoms. The monoisotopic (exact) mass is 268 g/mol. The smallest absolute Gasteiger partial charge is 0.330 e. The number of hydrogen-bond donors (Lipinski definition) is 3. The van der Waals surface area contributed by atoms with Crippen LogP contribution in [0.2, 0.25) is 0 Å². The standard InChI is InChI=1S/C11H12N2O6/c1-2-18-5-6-8(15)9(16)10(19-6)13-4-3-7(14)12-11(13)17/h1,3-4,6,8-10,15-16H,5H2,(H,12,14,17)/t6-,8-,9-,10-/m1/s1. The molecule has 8 nitrogen and oxygen atoms in total. The molecule has 1 aliphatic rings. The number of rotatable bonds is 3. The number of nitrogens with one attached hydrogen (secondary N) is 1. The van der Waals surface area contributed by atoms with Gasteiger partial charge < -0.3 is 19.7 Å². The van der Waals surface area contributed by atoms with Crippen LogP contribution >= 0.6 is 0 Å². The zero-order valence-electron chi connectivity index (χ0n) is 9.72. The number of terminal acetylenes is 1. The first-order valence-corrected chi connectivity index (χ1v) is 5.45. The summed E-state index contributed by atoms with van der Waals surface area (Å²) in [6.07, 6.45) is 3.42. The van der Waals surface area contributed by atoms with Crippen LogP contribution < -0.4 is 11.2 Å². The highest BCUT2D eigenvalue weighted by atomic mass is 16.6. The second kappa shape index (κ2) is 5.27. The van der Waals surface area contributed by atoms with E-state index in [0.29, 0.717) is 0 Å². The van der Waals surface area contributed by atoms with Crippen LogP contribution in [0.15, 0.2) is 21.9 Å². The van der Waals surface area contributed by atoms with E-state index in [1.807, 2.05) is 11.1 Å². The quantitative estimate of drug-likeness (QED) is 0.534. The van der Waals surface area contributed by atoms with E-state index in [0.717, 1.165) is 10.6 Å². The summed E-state index contributed by atoms with van der Waals surface area (Å²) in [7, 11) is 0. The van der Waals surface area contributed by atoms with Gasteiger partial charge in [0.15, 0.2) is 6.23 Å². The minimum atomic E-state index is -1.34. The molecule has 1 saturated heterocycles. The van der Waals surface area contributed by atoms with Gasteiger partial charge in [-0.15, -0.1) is 0 Å². The fourth-order valence-electron chi connectivity index (χ4n) is 1.85. The molecule has 2 rings (SSSR count). The lowest BCUT2D eigenvalue weighted by Crippen LogP contribution is -2.37. The van der Waals surface area contributed by atoms with Crippen molar-refractivity contribution in [3.63, 3.8) is 0 Å². The summed E-state index contributed by atoms with van der Waals surface area (Å²) in [6, 6.07) is 1.11. The van der Waals surface area contributed by atoms with Gasteiger partial charge in [0.05, 0.1) is 0 Å². The molecule has 8 heteroatoms. The predicted octanol–water partition coefficient (Wildman–Crippen LogP) is -2.24. The van der Waals surface area contributed by atoms with Gasteiger partial charge in [0.25, 0.3) is 5.56 Å². The maximum atomic E-state index is 11.6. The van der Waals surface area contributed by atoms with E-state index >= 15 is 0 Å². The van der Waals surface area contributed by atoms with Gasteiger partial charge in [-0.2, -0.15) is 0 Å². The van der Waals surface area contributed by atoms with Crippen molar-refractivity contribution >= 4 is 0 Å². The Hall–Kier alpha value is -2.08. The highest BCUT2D eigenvalue weighted by Gasteiger charge is 2.44. The molecule has 0 amide bonds. The van der Waals surface area contributed by atoms with E-state index in [1.54, 1.807) is 0 Å². The first-order valence-electron chi connectivity index (χ1n) is 5.45. The van der Waals surface area contributed by atoms with Crippen LogP contribution in [0.1, 0.15) is 6.23 Å². The number of H-pyrrole nitrogens is 1. The molecule has 0 aliphatic carbocycles. The third kappa shape index (κ3) is 2.53. The summed E-state index contributed by atoms with van der Waals surface area (Å²) in [4.78, 5) is 24.5. The lowest BCUT2D eigenvalue weighted by molar-refractivity contribution is -0.0548. The van der Waals surface area contributed by atoms with Crippen LogP contribution in [-0.4, -0.2) is 44.7 Å². The SMILES string of the molecule is C#COC[C@H]1O[C@@H](n2ccc(=O)[nH]c2=O)[C@H](O)[C@@H]1O. The van der Waals surface area contributed by atoms with Crippen LogP contribution in [0.4, 0.5) is 0 Å². The summed E-state index contributed by atoms with van der Waals surface area (Å²) in [5.74, 6) is 0. The van der Waals surface area contributed by atoms with E-state index in [1.165, 1.54) is 6.20 Å². The average molecular weight is 268 g/mol. The molecule has 3 N–H and O–H groups in total. The number of ether oxygens (including phenoxy) is 2. The zero-order chi connectivity index (χ0) is 14.0. The Morgan fingerprint density at radius 2 is 2.21 bits per heavy atom. The Balaban J connectivity index is 2.24. The maximum Gasteiger partial charge on any atom is 0.330 e. The van der Waals surface area contributed by atoms with Crippen LogP contribution in [0.25, 0.3) is 0 Å². The molecular formula is C11H12N2O6. The molecule has 0 bridgehead atoms. The molecular weight excluding hydrogens is 256 g/mol. The molecule has 1 fully saturated rings. The molecule has 0 aromatic carbocycles. The summed E-state index contributed by atoms with van der Waals surface area (Å²) in [6.45, 7) is -0.122. The second-order valence-corrected chi connectivity index (χ2v) is 3.99. The van der Waals surface area contributed by atoms with E-state index in [-0.39, 0.29) is 6.61 Å². The topological polar surface area (TPSA) is 114 Å². The molecule has 102 valence electrons. The van der Waals surface area contributed by atoms with Crippen LogP contribution in [0.5, 0.6) is 0 Å². The summed E-state index contributed by atoms with van der Waals surface area (Å²) in [5.41, 5.74) is -1.32. The van der Waals surface area contributed by atoms with Crippen LogP contribution in [-0.2, 0) is 9.47 Å². The van der Waals surface area contributed by atoms with Gasteiger partial charge in [0.2, 0.25) is 0 Å². The predicted molar refractivity (Wildman–Crippen MR) is 62.0 cm³/mol. The minimum absolute atomic E-state index is 0.122. The molecule has 1 aromatic rings. The second-order valence-electron chi connectivity index (χ2n) is 3.99. The Labute approximate surface area is 107 Å². The largest absolute Gasteiger partial charge is 0.444 e. The minimum Gasteiger partial charge on any atom is -0.444 e. The molecule has 4 atom stereocenters. The van der Waals surface area contributed by atoms with Gasteiger partial charge in [-0.3, -0.25) is 14.3 Å². The van der Waals surface area contributed by atoms with Gasteiger partial charge >= 0.3 is 5.69 Å². The molecule has 0 saturated carbocycles. The van der Waals surface area contributed by atoms with Crippen molar-refractivity contribution in [3.05, 3.63) is 33.1 Å². The summed E-state index contributed by atoms with van der Waals surface area (Å²) >= 11 is 0. The van der Waals surface area contributed by atoms with Crippen molar-refractivity contribution in [2.75, 3.05) is 6.61 Å². The van der Waals surface area contributed by atoms with Gasteiger partial charge in [-0.25, -0.2) is 4.79 Å². The van der Waals surface area contributed by atoms with Crippen molar-refractivity contribution in [1.82, 2.24) is 9.55 Å². The lowest BCUT2D eigenvalue weighted by atomic mass is 10.1. The fourth-order valence-corrected chi connectivity index (χ4v) is 1.85. The number of aliphatic hydroxyl groups excluding tert-OH is 2.